The Kier molecular flexibility index (Phi) is 13.5. The minimum atomic E-state index is -2.40. The average molecular weight is 785 g/mol. The van der Waals surface area contributed by atoms with E-state index in [2.05, 4.69) is 53.7 Å². The summed E-state index contributed by atoms with van der Waals surface area (Å²) in [6.07, 6.45) is 5.75. The molecule has 3 unspecified atom stereocenters. The van der Waals surface area contributed by atoms with E-state index in [1.54, 1.807) is 12.1 Å². The van der Waals surface area contributed by atoms with Gasteiger partial charge in [-0.05, 0) is 65.5 Å². The van der Waals surface area contributed by atoms with Crippen LogP contribution in [-0.4, -0.2) is 36.2 Å². The summed E-state index contributed by atoms with van der Waals surface area (Å²) in [5.41, 5.74) is 2.38. The highest BCUT2D eigenvalue weighted by Crippen LogP contribution is 2.52. The maximum atomic E-state index is 11.2. The Morgan fingerprint density at radius 1 is 0.698 bits per heavy atom. The fraction of sp³-hybridized carbons (Fsp3) is 0.450. The van der Waals surface area contributed by atoms with Crippen molar-refractivity contribution in [3.05, 3.63) is 106 Å². The van der Waals surface area contributed by atoms with Crippen LogP contribution < -0.4 is 13.6 Å². The van der Waals surface area contributed by atoms with Crippen molar-refractivity contribution in [2.75, 3.05) is 26.4 Å². The minimum absolute atomic E-state index is 0.00723. The summed E-state index contributed by atoms with van der Waals surface area (Å²) in [6, 6.07) is 20.6. The van der Waals surface area contributed by atoms with E-state index in [4.69, 9.17) is 37.0 Å². The van der Waals surface area contributed by atoms with E-state index < -0.39 is 29.8 Å². The smallest absolute Gasteiger partial charge is 0.417 e. The van der Waals surface area contributed by atoms with Crippen LogP contribution in [0.15, 0.2) is 94.4 Å². The van der Waals surface area contributed by atoms with E-state index in [0.717, 1.165) is 34.6 Å². The van der Waals surface area contributed by atoms with E-state index in [1.807, 2.05) is 54.6 Å². The van der Waals surface area contributed by atoms with Crippen LogP contribution in [0.25, 0.3) is 0 Å². The lowest BCUT2D eigenvalue weighted by molar-refractivity contribution is -0.0452. The van der Waals surface area contributed by atoms with Gasteiger partial charge in [0.25, 0.3) is 0 Å². The van der Waals surface area contributed by atoms with Crippen LogP contribution in [-0.2, 0) is 28.9 Å². The molecule has 13 heteroatoms. The van der Waals surface area contributed by atoms with Gasteiger partial charge < -0.3 is 46.8 Å². The second-order valence-corrected chi connectivity index (χ2v) is 17.1. The topological polar surface area (TPSA) is 114 Å². The number of thioether (sulfide) groups is 1. The van der Waals surface area contributed by atoms with Gasteiger partial charge in [-0.2, -0.15) is 0 Å². The Bertz CT molecular complexity index is 1750. The number of rotatable bonds is 16. The van der Waals surface area contributed by atoms with Gasteiger partial charge in [0, 0.05) is 0 Å². The highest BCUT2D eigenvalue weighted by molar-refractivity contribution is 8.03. The van der Waals surface area contributed by atoms with Crippen LogP contribution in [0.3, 0.4) is 0 Å². The van der Waals surface area contributed by atoms with Crippen molar-refractivity contribution in [2.45, 2.75) is 83.7 Å². The molecule has 3 aromatic carbocycles. The lowest BCUT2D eigenvalue weighted by atomic mass is 9.73. The molecule has 0 radical (unpaired) electrons. The molecule has 2 N–H and O–H groups in total. The number of hydrogen-bond acceptors (Lipinski definition) is 11. The number of allylic oxidation sites excluding steroid dienone is 2. The first-order chi connectivity index (χ1) is 25.5. The molecule has 53 heavy (non-hydrogen) atoms. The summed E-state index contributed by atoms with van der Waals surface area (Å²) in [5.74, 6) is 2.03. The normalized spacial score (nSPS) is 19.7. The molecule has 1 aliphatic carbocycles. The molecule has 3 aliphatic rings. The first-order valence-electron chi connectivity index (χ1n) is 18.1. The standard InChI is InChI=1S/C40H50O10P2S/c1-7-39(3,4)27-17-19-33(49-51(41)47-31-15-11-9-13-29(31)37-43-21-22-44-37)35(25-27)53-36-26-28(40(5,6)8-2)18-20-34(36)50-52(42)48-32-16-12-10-14-30(32)38-45-23-24-46-38/h9-17,19-20,25-26,28,37-38,41-42H,7-8,18,21-24H2,1-6H3. The van der Waals surface area contributed by atoms with Gasteiger partial charge in [0.15, 0.2) is 12.6 Å². The van der Waals surface area contributed by atoms with E-state index in [0.29, 0.717) is 60.6 Å². The number of para-hydroxylation sites is 2. The first-order valence-corrected chi connectivity index (χ1v) is 21.1. The van der Waals surface area contributed by atoms with Crippen LogP contribution in [0.1, 0.15) is 90.1 Å². The monoisotopic (exact) mass is 784 g/mol. The third-order valence-corrected chi connectivity index (χ3v) is 12.7. The molecule has 3 aromatic rings. The van der Waals surface area contributed by atoms with Gasteiger partial charge in [0.1, 0.15) is 23.0 Å². The summed E-state index contributed by atoms with van der Waals surface area (Å²) < 4.78 is 47.2. The fourth-order valence-electron chi connectivity index (χ4n) is 6.01. The van der Waals surface area contributed by atoms with Crippen molar-refractivity contribution >= 4 is 29.0 Å². The highest BCUT2D eigenvalue weighted by Gasteiger charge is 2.33. The van der Waals surface area contributed by atoms with Crippen LogP contribution >= 0.6 is 29.0 Å². The van der Waals surface area contributed by atoms with Crippen molar-refractivity contribution < 1.29 is 46.8 Å². The van der Waals surface area contributed by atoms with Gasteiger partial charge >= 0.3 is 17.2 Å². The molecule has 2 fully saturated rings. The molecule has 6 rings (SSSR count). The van der Waals surface area contributed by atoms with Gasteiger partial charge in [0.2, 0.25) is 0 Å². The Labute approximate surface area is 319 Å². The minimum Gasteiger partial charge on any atom is -0.417 e. The third-order valence-electron chi connectivity index (χ3n) is 10.2. The van der Waals surface area contributed by atoms with Crippen molar-refractivity contribution in [3.8, 4) is 17.2 Å². The maximum Gasteiger partial charge on any atom is 0.460 e. The van der Waals surface area contributed by atoms with E-state index in [9.17, 15) is 9.79 Å². The van der Waals surface area contributed by atoms with Crippen LogP contribution in [0.4, 0.5) is 0 Å². The molecule has 0 aromatic heterocycles. The molecule has 0 spiro atoms. The van der Waals surface area contributed by atoms with Gasteiger partial charge in [-0.3, -0.25) is 0 Å². The molecule has 286 valence electrons. The zero-order chi connectivity index (χ0) is 37.6. The van der Waals surface area contributed by atoms with Crippen molar-refractivity contribution in [1.29, 1.82) is 0 Å². The second kappa shape index (κ2) is 17.8. The summed E-state index contributed by atoms with van der Waals surface area (Å²) in [4.78, 5) is 24.1. The molecule has 2 saturated heterocycles. The van der Waals surface area contributed by atoms with Gasteiger partial charge in [-0.25, -0.2) is 0 Å². The van der Waals surface area contributed by atoms with E-state index >= 15 is 0 Å². The van der Waals surface area contributed by atoms with Crippen molar-refractivity contribution in [2.24, 2.45) is 11.3 Å². The van der Waals surface area contributed by atoms with Crippen molar-refractivity contribution in [1.82, 2.24) is 0 Å². The number of benzene rings is 3. The van der Waals surface area contributed by atoms with Crippen LogP contribution in [0.2, 0.25) is 0 Å². The Balaban J connectivity index is 1.27. The number of hydrogen-bond donors (Lipinski definition) is 2. The zero-order valence-corrected chi connectivity index (χ0v) is 33.8. The summed E-state index contributed by atoms with van der Waals surface area (Å²) >= 11 is 1.46. The second-order valence-electron chi connectivity index (χ2n) is 14.3. The molecule has 0 amide bonds. The highest BCUT2D eigenvalue weighted by atomic mass is 32.2. The third kappa shape index (κ3) is 9.95. The number of ether oxygens (including phenoxy) is 4. The van der Waals surface area contributed by atoms with Gasteiger partial charge in [0.05, 0.1) is 47.4 Å². The van der Waals surface area contributed by atoms with Crippen LogP contribution in [0.5, 0.6) is 17.2 Å². The fourth-order valence-corrected chi connectivity index (χ4v) is 8.64. The lowest BCUT2D eigenvalue weighted by Gasteiger charge is -2.34. The lowest BCUT2D eigenvalue weighted by Crippen LogP contribution is -2.23. The first kappa shape index (κ1) is 40.0. The summed E-state index contributed by atoms with van der Waals surface area (Å²) in [7, 11) is -4.79. The Morgan fingerprint density at radius 3 is 1.77 bits per heavy atom. The Morgan fingerprint density at radius 2 is 1.23 bits per heavy atom. The molecule has 3 atom stereocenters. The molecule has 2 aliphatic heterocycles. The molecule has 0 saturated carbocycles. The summed E-state index contributed by atoms with van der Waals surface area (Å²) in [5, 5.41) is 0. The van der Waals surface area contributed by atoms with Crippen molar-refractivity contribution in [3.63, 3.8) is 0 Å². The van der Waals surface area contributed by atoms with E-state index in [-0.39, 0.29) is 16.7 Å². The molecule has 10 nitrogen and oxygen atoms in total. The predicted octanol–water partition coefficient (Wildman–Crippen LogP) is 10.8. The predicted molar refractivity (Wildman–Crippen MR) is 207 cm³/mol. The van der Waals surface area contributed by atoms with Crippen LogP contribution in [0, 0.1) is 11.3 Å². The quantitative estimate of drug-likeness (QED) is 0.135. The summed E-state index contributed by atoms with van der Waals surface area (Å²) in [6.45, 7) is 15.2. The SMILES string of the molecule is CCC(C)(C)c1ccc(OP(O)Oc2ccccc2C2OCCO2)c(SC2=CC(C(C)(C)CC)CC=C2OP(O)Oc2ccccc2C2OCCO2)c1. The van der Waals surface area contributed by atoms with Gasteiger partial charge in [-0.15, -0.1) is 0 Å². The Hall–Kier alpha value is -2.69. The molecular formula is C40H50O10P2S. The average Bonchev–Trinajstić information content (AvgIpc) is 3.89. The van der Waals surface area contributed by atoms with E-state index in [1.165, 1.54) is 11.8 Å². The maximum absolute atomic E-state index is 11.2. The molecular weight excluding hydrogens is 734 g/mol. The molecule has 2 heterocycles. The zero-order valence-electron chi connectivity index (χ0n) is 31.2. The largest absolute Gasteiger partial charge is 0.460 e. The van der Waals surface area contributed by atoms with Gasteiger partial charge in [-0.1, -0.05) is 108 Å². The molecule has 0 bridgehead atoms.